The van der Waals surface area contributed by atoms with E-state index in [0.717, 1.165) is 37.9 Å². The van der Waals surface area contributed by atoms with Gasteiger partial charge in [0.15, 0.2) is 0 Å². The van der Waals surface area contributed by atoms with Crippen LogP contribution in [0.3, 0.4) is 0 Å². The van der Waals surface area contributed by atoms with E-state index in [4.69, 9.17) is 10.5 Å². The fourth-order valence-corrected chi connectivity index (χ4v) is 2.48. The van der Waals surface area contributed by atoms with Crippen LogP contribution in [0, 0.1) is 5.82 Å². The standard InChI is InChI=1S/C14H21FN2O/c1-18-12-3-2-8-17(10-12)14-5-4-11(6-7-16)9-13(14)15/h4-5,9,12H,2-3,6-8,10,16H2,1H3. The minimum atomic E-state index is -0.155. The molecule has 3 nitrogen and oxygen atoms in total. The van der Waals surface area contributed by atoms with Crippen molar-refractivity contribution >= 4 is 5.69 Å². The molecule has 1 heterocycles. The van der Waals surface area contributed by atoms with E-state index >= 15 is 0 Å². The SMILES string of the molecule is COC1CCCN(c2ccc(CCN)cc2F)C1. The molecule has 0 amide bonds. The first kappa shape index (κ1) is 13.3. The molecule has 4 heteroatoms. The van der Waals surface area contributed by atoms with Gasteiger partial charge in [-0.1, -0.05) is 6.07 Å². The van der Waals surface area contributed by atoms with Gasteiger partial charge in [-0.25, -0.2) is 4.39 Å². The van der Waals surface area contributed by atoms with Crippen molar-refractivity contribution < 1.29 is 9.13 Å². The van der Waals surface area contributed by atoms with Crippen molar-refractivity contribution in [1.82, 2.24) is 0 Å². The lowest BCUT2D eigenvalue weighted by atomic mass is 10.1. The lowest BCUT2D eigenvalue weighted by Gasteiger charge is -2.33. The summed E-state index contributed by atoms with van der Waals surface area (Å²) in [6.07, 6.45) is 3.03. The van der Waals surface area contributed by atoms with Crippen molar-refractivity contribution in [2.24, 2.45) is 5.73 Å². The first-order valence-electron chi connectivity index (χ1n) is 6.51. The second-order valence-electron chi connectivity index (χ2n) is 4.77. The smallest absolute Gasteiger partial charge is 0.146 e. The molecule has 1 fully saturated rings. The number of hydrogen-bond donors (Lipinski definition) is 1. The number of methoxy groups -OCH3 is 1. The van der Waals surface area contributed by atoms with Gasteiger partial charge in [-0.2, -0.15) is 0 Å². The molecule has 1 aromatic carbocycles. The third-order valence-electron chi connectivity index (χ3n) is 3.50. The van der Waals surface area contributed by atoms with Gasteiger partial charge in [0.05, 0.1) is 11.8 Å². The number of benzene rings is 1. The van der Waals surface area contributed by atoms with Crippen LogP contribution in [-0.2, 0) is 11.2 Å². The largest absolute Gasteiger partial charge is 0.380 e. The van der Waals surface area contributed by atoms with Gasteiger partial charge in [-0.3, -0.25) is 0 Å². The Kier molecular flexibility index (Phi) is 4.55. The van der Waals surface area contributed by atoms with Crippen LogP contribution in [0.2, 0.25) is 0 Å². The Balaban J connectivity index is 2.12. The fourth-order valence-electron chi connectivity index (χ4n) is 2.48. The number of halogens is 1. The van der Waals surface area contributed by atoms with E-state index < -0.39 is 0 Å². The molecule has 1 aliphatic rings. The number of nitrogens with zero attached hydrogens (tertiary/aromatic N) is 1. The van der Waals surface area contributed by atoms with Gasteiger partial charge >= 0.3 is 0 Å². The van der Waals surface area contributed by atoms with Crippen LogP contribution in [0.25, 0.3) is 0 Å². The van der Waals surface area contributed by atoms with E-state index in [1.165, 1.54) is 0 Å². The topological polar surface area (TPSA) is 38.5 Å². The zero-order valence-corrected chi connectivity index (χ0v) is 10.9. The molecule has 18 heavy (non-hydrogen) atoms. The number of hydrogen-bond acceptors (Lipinski definition) is 3. The van der Waals surface area contributed by atoms with Crippen molar-refractivity contribution in [3.63, 3.8) is 0 Å². The van der Waals surface area contributed by atoms with Gasteiger partial charge in [0.25, 0.3) is 0 Å². The summed E-state index contributed by atoms with van der Waals surface area (Å²) in [4.78, 5) is 2.07. The second-order valence-corrected chi connectivity index (χ2v) is 4.77. The molecular weight excluding hydrogens is 231 g/mol. The molecule has 1 unspecified atom stereocenters. The van der Waals surface area contributed by atoms with Crippen LogP contribution in [0.5, 0.6) is 0 Å². The van der Waals surface area contributed by atoms with E-state index in [9.17, 15) is 4.39 Å². The molecule has 0 aliphatic carbocycles. The predicted octanol–water partition coefficient (Wildman–Crippen LogP) is 1.94. The van der Waals surface area contributed by atoms with E-state index in [-0.39, 0.29) is 11.9 Å². The van der Waals surface area contributed by atoms with E-state index in [1.807, 2.05) is 12.1 Å². The maximum absolute atomic E-state index is 14.1. The lowest BCUT2D eigenvalue weighted by molar-refractivity contribution is 0.0892. The summed E-state index contributed by atoms with van der Waals surface area (Å²) in [5, 5.41) is 0. The average Bonchev–Trinajstić information content (AvgIpc) is 2.39. The number of nitrogens with two attached hydrogens (primary N) is 1. The van der Waals surface area contributed by atoms with Crippen LogP contribution in [0.15, 0.2) is 18.2 Å². The number of ether oxygens (including phenoxy) is 1. The number of rotatable bonds is 4. The Bertz CT molecular complexity index is 397. The molecule has 1 atom stereocenters. The van der Waals surface area contributed by atoms with Crippen LogP contribution in [0.1, 0.15) is 18.4 Å². The molecule has 2 rings (SSSR count). The highest BCUT2D eigenvalue weighted by atomic mass is 19.1. The van der Waals surface area contributed by atoms with E-state index in [0.29, 0.717) is 12.2 Å². The van der Waals surface area contributed by atoms with Crippen LogP contribution in [0.4, 0.5) is 10.1 Å². The summed E-state index contributed by atoms with van der Waals surface area (Å²) < 4.78 is 19.4. The highest BCUT2D eigenvalue weighted by Crippen LogP contribution is 2.25. The van der Waals surface area contributed by atoms with Crippen molar-refractivity contribution in [3.05, 3.63) is 29.6 Å². The predicted molar refractivity (Wildman–Crippen MR) is 71.4 cm³/mol. The van der Waals surface area contributed by atoms with Crippen molar-refractivity contribution in [3.8, 4) is 0 Å². The Labute approximate surface area is 108 Å². The average molecular weight is 252 g/mol. The Morgan fingerprint density at radius 3 is 3.00 bits per heavy atom. The number of piperidine rings is 1. The van der Waals surface area contributed by atoms with E-state index in [1.54, 1.807) is 13.2 Å². The molecule has 1 saturated heterocycles. The Morgan fingerprint density at radius 2 is 2.33 bits per heavy atom. The second kappa shape index (κ2) is 6.16. The van der Waals surface area contributed by atoms with Gasteiger partial charge in [0, 0.05) is 20.2 Å². The summed E-state index contributed by atoms with van der Waals surface area (Å²) in [5.74, 6) is -0.155. The summed E-state index contributed by atoms with van der Waals surface area (Å²) in [7, 11) is 1.72. The summed E-state index contributed by atoms with van der Waals surface area (Å²) in [5.41, 5.74) is 7.11. The third-order valence-corrected chi connectivity index (χ3v) is 3.50. The Hall–Kier alpha value is -1.13. The highest BCUT2D eigenvalue weighted by molar-refractivity contribution is 5.49. The highest BCUT2D eigenvalue weighted by Gasteiger charge is 2.21. The molecule has 1 aliphatic heterocycles. The third kappa shape index (κ3) is 3.00. The van der Waals surface area contributed by atoms with Crippen LogP contribution < -0.4 is 10.6 Å². The van der Waals surface area contributed by atoms with Crippen molar-refractivity contribution in [2.45, 2.75) is 25.4 Å². The maximum atomic E-state index is 14.1. The molecule has 0 bridgehead atoms. The van der Waals surface area contributed by atoms with Crippen molar-refractivity contribution in [2.75, 3.05) is 31.6 Å². The monoisotopic (exact) mass is 252 g/mol. The summed E-state index contributed by atoms with van der Waals surface area (Å²) >= 11 is 0. The maximum Gasteiger partial charge on any atom is 0.146 e. The van der Waals surface area contributed by atoms with Gasteiger partial charge < -0.3 is 15.4 Å². The Morgan fingerprint density at radius 1 is 1.50 bits per heavy atom. The van der Waals surface area contributed by atoms with Crippen LogP contribution >= 0.6 is 0 Å². The minimum Gasteiger partial charge on any atom is -0.380 e. The zero-order valence-electron chi connectivity index (χ0n) is 10.9. The summed E-state index contributed by atoms with van der Waals surface area (Å²) in [6, 6.07) is 5.42. The molecule has 0 spiro atoms. The molecule has 0 aromatic heterocycles. The van der Waals surface area contributed by atoms with Crippen molar-refractivity contribution in [1.29, 1.82) is 0 Å². The molecule has 100 valence electrons. The fraction of sp³-hybridized carbons (Fsp3) is 0.571. The van der Waals surface area contributed by atoms with Crippen LogP contribution in [-0.4, -0.2) is 32.8 Å². The van der Waals surface area contributed by atoms with Gasteiger partial charge in [-0.05, 0) is 43.5 Å². The van der Waals surface area contributed by atoms with Gasteiger partial charge in [-0.15, -0.1) is 0 Å². The van der Waals surface area contributed by atoms with E-state index in [2.05, 4.69) is 4.90 Å². The van der Waals surface area contributed by atoms with Gasteiger partial charge in [0.1, 0.15) is 5.82 Å². The molecular formula is C14H21FN2O. The quantitative estimate of drug-likeness (QED) is 0.890. The minimum absolute atomic E-state index is 0.155. The first-order valence-corrected chi connectivity index (χ1v) is 6.51. The molecule has 0 saturated carbocycles. The lowest BCUT2D eigenvalue weighted by Crippen LogP contribution is -2.39. The molecule has 1 aromatic rings. The zero-order chi connectivity index (χ0) is 13.0. The first-order chi connectivity index (χ1) is 8.74. The molecule has 2 N–H and O–H groups in total. The summed E-state index contributed by atoms with van der Waals surface area (Å²) in [6.45, 7) is 2.21. The molecule has 0 radical (unpaired) electrons. The number of anilines is 1. The van der Waals surface area contributed by atoms with Gasteiger partial charge in [0.2, 0.25) is 0 Å². The normalized spacial score (nSPS) is 20.2.